The molecule has 0 saturated heterocycles. The van der Waals surface area contributed by atoms with Gasteiger partial charge in [0.25, 0.3) is 0 Å². The van der Waals surface area contributed by atoms with E-state index in [2.05, 4.69) is 26.1 Å². The molecule has 0 amide bonds. The quantitative estimate of drug-likeness (QED) is 0.682. The Morgan fingerprint density at radius 2 is 2.22 bits per heavy atom. The topological polar surface area (TPSA) is 64.9 Å². The lowest BCUT2D eigenvalue weighted by Crippen LogP contribution is -1.90. The molecule has 0 spiro atoms. The van der Waals surface area contributed by atoms with Gasteiger partial charge in [0.2, 0.25) is 5.89 Å². The average Bonchev–Trinajstić information content (AvgIpc) is 2.76. The number of hydrogen-bond donors (Lipinski definition) is 1. The number of thioether (sulfide) groups is 1. The van der Waals surface area contributed by atoms with Gasteiger partial charge in [-0.1, -0.05) is 19.0 Å². The number of benzene rings is 1. The van der Waals surface area contributed by atoms with Crippen molar-refractivity contribution in [2.75, 3.05) is 5.73 Å². The van der Waals surface area contributed by atoms with Crippen LogP contribution in [-0.4, -0.2) is 10.1 Å². The van der Waals surface area contributed by atoms with Gasteiger partial charge in [0.1, 0.15) is 0 Å². The van der Waals surface area contributed by atoms with Crippen LogP contribution in [0.25, 0.3) is 0 Å². The third-order valence-corrected chi connectivity index (χ3v) is 4.28. The minimum Gasteiger partial charge on any atom is -0.399 e. The maximum Gasteiger partial charge on any atom is 0.237 e. The molecule has 0 atom stereocenters. The minimum absolute atomic E-state index is 0.288. The Morgan fingerprint density at radius 3 is 2.83 bits per heavy atom. The minimum atomic E-state index is 0.288. The average molecular weight is 328 g/mol. The predicted molar refractivity (Wildman–Crippen MR) is 76.5 cm³/mol. The molecule has 2 rings (SSSR count). The zero-order valence-electron chi connectivity index (χ0n) is 10.2. The first-order chi connectivity index (χ1) is 8.56. The van der Waals surface area contributed by atoms with E-state index in [0.717, 1.165) is 20.9 Å². The Balaban J connectivity index is 2.02. The van der Waals surface area contributed by atoms with E-state index < -0.39 is 0 Å². The predicted octanol–water partition coefficient (Wildman–Crippen LogP) is 3.83. The first-order valence-corrected chi connectivity index (χ1v) is 7.34. The van der Waals surface area contributed by atoms with Gasteiger partial charge in [0.15, 0.2) is 5.82 Å². The van der Waals surface area contributed by atoms with E-state index in [4.69, 9.17) is 10.3 Å². The third-order valence-electron chi connectivity index (χ3n) is 2.31. The van der Waals surface area contributed by atoms with Crippen LogP contribution >= 0.6 is 27.7 Å². The van der Waals surface area contributed by atoms with Crippen molar-refractivity contribution in [3.8, 4) is 0 Å². The number of aromatic nitrogens is 2. The van der Waals surface area contributed by atoms with Crippen molar-refractivity contribution in [3.05, 3.63) is 34.4 Å². The normalized spacial score (nSPS) is 11.1. The number of anilines is 1. The summed E-state index contributed by atoms with van der Waals surface area (Å²) in [5.41, 5.74) is 6.43. The monoisotopic (exact) mass is 327 g/mol. The van der Waals surface area contributed by atoms with E-state index in [1.807, 2.05) is 32.0 Å². The number of nitrogens with zero attached hydrogens (tertiary/aromatic N) is 2. The van der Waals surface area contributed by atoms with Crippen molar-refractivity contribution in [1.82, 2.24) is 10.1 Å². The van der Waals surface area contributed by atoms with Crippen molar-refractivity contribution in [1.29, 1.82) is 0 Å². The van der Waals surface area contributed by atoms with Crippen molar-refractivity contribution < 1.29 is 4.52 Å². The Labute approximate surface area is 118 Å². The van der Waals surface area contributed by atoms with Crippen LogP contribution in [-0.2, 0) is 5.75 Å². The molecule has 0 bridgehead atoms. The molecule has 4 nitrogen and oxygen atoms in total. The molecule has 96 valence electrons. The molecular weight excluding hydrogens is 314 g/mol. The zero-order valence-corrected chi connectivity index (χ0v) is 12.6. The van der Waals surface area contributed by atoms with Crippen LogP contribution in [0.15, 0.2) is 32.1 Å². The van der Waals surface area contributed by atoms with Gasteiger partial charge in [0.05, 0.1) is 5.75 Å². The van der Waals surface area contributed by atoms with Crippen molar-refractivity contribution in [3.63, 3.8) is 0 Å². The summed E-state index contributed by atoms with van der Waals surface area (Å²) in [5, 5.41) is 3.93. The standard InChI is InChI=1S/C12H14BrN3OS/c1-7(2)12-15-11(17-16-12)6-18-10-4-3-8(14)5-9(10)13/h3-5,7H,6,14H2,1-2H3. The molecule has 1 aromatic carbocycles. The third kappa shape index (κ3) is 3.26. The van der Waals surface area contributed by atoms with Gasteiger partial charge < -0.3 is 10.3 Å². The molecule has 0 aliphatic carbocycles. The maximum atomic E-state index is 5.69. The van der Waals surface area contributed by atoms with E-state index in [0.29, 0.717) is 11.6 Å². The lowest BCUT2D eigenvalue weighted by Gasteiger charge is -2.02. The molecule has 0 saturated carbocycles. The van der Waals surface area contributed by atoms with Gasteiger partial charge in [-0.25, -0.2) is 0 Å². The summed E-state index contributed by atoms with van der Waals surface area (Å²) in [4.78, 5) is 5.44. The number of nitrogens with two attached hydrogens (primary N) is 1. The van der Waals surface area contributed by atoms with Gasteiger partial charge in [-0.15, -0.1) is 11.8 Å². The fourth-order valence-electron chi connectivity index (χ4n) is 1.33. The fraction of sp³-hybridized carbons (Fsp3) is 0.333. The summed E-state index contributed by atoms with van der Waals surface area (Å²) in [5.74, 6) is 2.34. The number of rotatable bonds is 4. The molecule has 1 heterocycles. The Morgan fingerprint density at radius 1 is 1.44 bits per heavy atom. The van der Waals surface area contributed by atoms with Crippen LogP contribution in [0.5, 0.6) is 0 Å². The van der Waals surface area contributed by atoms with Gasteiger partial charge in [-0.3, -0.25) is 0 Å². The van der Waals surface area contributed by atoms with E-state index in [1.54, 1.807) is 11.8 Å². The second-order valence-corrected chi connectivity index (χ2v) is 6.05. The summed E-state index contributed by atoms with van der Waals surface area (Å²) >= 11 is 5.12. The zero-order chi connectivity index (χ0) is 13.1. The first kappa shape index (κ1) is 13.4. The highest BCUT2D eigenvalue weighted by Gasteiger charge is 2.10. The summed E-state index contributed by atoms with van der Waals surface area (Å²) < 4.78 is 6.17. The molecule has 0 fully saturated rings. The Bertz CT molecular complexity index is 542. The summed E-state index contributed by atoms with van der Waals surface area (Å²) in [7, 11) is 0. The lowest BCUT2D eigenvalue weighted by molar-refractivity contribution is 0.383. The van der Waals surface area contributed by atoms with Crippen LogP contribution in [0.3, 0.4) is 0 Å². The van der Waals surface area contributed by atoms with Crippen LogP contribution in [0.4, 0.5) is 5.69 Å². The largest absolute Gasteiger partial charge is 0.399 e. The van der Waals surface area contributed by atoms with Crippen molar-refractivity contribution >= 4 is 33.4 Å². The summed E-state index contributed by atoms with van der Waals surface area (Å²) in [6, 6.07) is 5.74. The highest BCUT2D eigenvalue weighted by Crippen LogP contribution is 2.31. The molecule has 1 aromatic heterocycles. The molecule has 0 aliphatic heterocycles. The van der Waals surface area contributed by atoms with Crippen molar-refractivity contribution in [2.24, 2.45) is 0 Å². The van der Waals surface area contributed by atoms with Gasteiger partial charge in [0, 0.05) is 21.0 Å². The van der Waals surface area contributed by atoms with Crippen molar-refractivity contribution in [2.45, 2.75) is 30.4 Å². The Kier molecular flexibility index (Phi) is 4.29. The summed E-state index contributed by atoms with van der Waals surface area (Å²) in [6.45, 7) is 4.08. The number of hydrogen-bond acceptors (Lipinski definition) is 5. The SMILES string of the molecule is CC(C)c1noc(CSc2ccc(N)cc2Br)n1. The molecule has 2 N–H and O–H groups in total. The number of halogens is 1. The highest BCUT2D eigenvalue weighted by atomic mass is 79.9. The molecule has 0 radical (unpaired) electrons. The first-order valence-electron chi connectivity index (χ1n) is 5.56. The molecule has 6 heteroatoms. The Hall–Kier alpha value is -1.01. The highest BCUT2D eigenvalue weighted by molar-refractivity contribution is 9.10. The summed E-state index contributed by atoms with van der Waals surface area (Å²) in [6.07, 6.45) is 0. The molecular formula is C12H14BrN3OS. The van der Waals surface area contributed by atoms with Gasteiger partial charge in [-0.05, 0) is 34.1 Å². The van der Waals surface area contributed by atoms with Crippen LogP contribution in [0.2, 0.25) is 0 Å². The molecule has 0 unspecified atom stereocenters. The second-order valence-electron chi connectivity index (χ2n) is 4.18. The smallest absolute Gasteiger partial charge is 0.237 e. The molecule has 0 aliphatic rings. The maximum absolute atomic E-state index is 5.69. The molecule has 2 aromatic rings. The van der Waals surface area contributed by atoms with E-state index in [9.17, 15) is 0 Å². The van der Waals surface area contributed by atoms with Gasteiger partial charge >= 0.3 is 0 Å². The van der Waals surface area contributed by atoms with E-state index >= 15 is 0 Å². The fourth-order valence-corrected chi connectivity index (χ4v) is 2.83. The van der Waals surface area contributed by atoms with Crippen LogP contribution < -0.4 is 5.73 Å². The lowest BCUT2D eigenvalue weighted by atomic mass is 10.2. The van der Waals surface area contributed by atoms with Gasteiger partial charge in [-0.2, -0.15) is 4.98 Å². The van der Waals surface area contributed by atoms with Crippen LogP contribution in [0.1, 0.15) is 31.5 Å². The number of nitrogen functional groups attached to an aromatic ring is 1. The second kappa shape index (κ2) is 5.75. The molecule has 18 heavy (non-hydrogen) atoms. The van der Waals surface area contributed by atoms with Crippen LogP contribution in [0, 0.1) is 0 Å². The van der Waals surface area contributed by atoms with E-state index in [-0.39, 0.29) is 5.92 Å². The van der Waals surface area contributed by atoms with E-state index in [1.165, 1.54) is 0 Å².